The number of hydrogen-bond donors (Lipinski definition) is 3. The summed E-state index contributed by atoms with van der Waals surface area (Å²) in [4.78, 5) is 37.8. The molecule has 0 spiro atoms. The van der Waals surface area contributed by atoms with E-state index in [1.54, 1.807) is 7.11 Å². The number of aliphatic hydroxyl groups is 1. The van der Waals surface area contributed by atoms with Gasteiger partial charge in [0.15, 0.2) is 11.4 Å². The molecule has 3 atom stereocenters. The molecule has 3 rings (SSSR count). The first-order chi connectivity index (χ1) is 14.8. The number of epoxide rings is 1. The number of aryl methyl sites for hydroxylation is 1. The Hall–Kier alpha value is -2.45. The van der Waals surface area contributed by atoms with Crippen molar-refractivity contribution >= 4 is 17.6 Å². The third-order valence-corrected chi connectivity index (χ3v) is 6.01. The highest BCUT2D eigenvalue weighted by Crippen LogP contribution is 2.32. The van der Waals surface area contributed by atoms with Gasteiger partial charge in [0.25, 0.3) is 0 Å². The van der Waals surface area contributed by atoms with Crippen LogP contribution < -0.4 is 15.4 Å². The second kappa shape index (κ2) is 9.78. The molecule has 1 heterocycles. The summed E-state index contributed by atoms with van der Waals surface area (Å²) in [5.74, 6) is -0.231. The number of hydrogen-bond acceptors (Lipinski definition) is 6. The van der Waals surface area contributed by atoms with E-state index in [4.69, 9.17) is 9.47 Å². The van der Waals surface area contributed by atoms with Crippen molar-refractivity contribution in [1.82, 2.24) is 10.6 Å². The van der Waals surface area contributed by atoms with Crippen molar-refractivity contribution in [2.24, 2.45) is 11.8 Å². The topological polar surface area (TPSA) is 117 Å². The van der Waals surface area contributed by atoms with Crippen molar-refractivity contribution < 1.29 is 29.0 Å². The molecule has 1 aliphatic carbocycles. The highest BCUT2D eigenvalue weighted by atomic mass is 16.6. The fourth-order valence-electron chi connectivity index (χ4n) is 4.15. The monoisotopic (exact) mass is 432 g/mol. The van der Waals surface area contributed by atoms with E-state index in [1.165, 1.54) is 5.56 Å². The van der Waals surface area contributed by atoms with Gasteiger partial charge >= 0.3 is 0 Å². The molecule has 0 radical (unpaired) electrons. The SMILES string of the molecule is COc1cccc2c1CC(C(=O)NCC(=O)NC(CC(C)C)C(=O)C1(CO)CO1)CC2. The van der Waals surface area contributed by atoms with E-state index in [1.807, 2.05) is 32.0 Å². The van der Waals surface area contributed by atoms with E-state index in [-0.39, 0.29) is 36.7 Å². The van der Waals surface area contributed by atoms with Crippen LogP contribution in [-0.4, -0.2) is 61.2 Å². The van der Waals surface area contributed by atoms with Crippen molar-refractivity contribution in [2.75, 3.05) is 26.9 Å². The van der Waals surface area contributed by atoms with Gasteiger partial charge in [0.2, 0.25) is 11.8 Å². The third-order valence-electron chi connectivity index (χ3n) is 6.01. The van der Waals surface area contributed by atoms with Crippen molar-refractivity contribution in [1.29, 1.82) is 0 Å². The number of amides is 2. The van der Waals surface area contributed by atoms with Crippen molar-refractivity contribution in [3.8, 4) is 5.75 Å². The van der Waals surface area contributed by atoms with E-state index < -0.39 is 24.2 Å². The molecule has 1 aromatic rings. The van der Waals surface area contributed by atoms with Crippen molar-refractivity contribution in [3.05, 3.63) is 29.3 Å². The van der Waals surface area contributed by atoms with E-state index in [0.29, 0.717) is 19.3 Å². The summed E-state index contributed by atoms with van der Waals surface area (Å²) in [5.41, 5.74) is 1.04. The molecule has 31 heavy (non-hydrogen) atoms. The number of ether oxygens (including phenoxy) is 2. The Morgan fingerprint density at radius 1 is 1.32 bits per heavy atom. The lowest BCUT2D eigenvalue weighted by Crippen LogP contribution is -2.51. The van der Waals surface area contributed by atoms with Gasteiger partial charge in [0.1, 0.15) is 5.75 Å². The lowest BCUT2D eigenvalue weighted by Gasteiger charge is -2.25. The van der Waals surface area contributed by atoms with E-state index in [2.05, 4.69) is 10.6 Å². The summed E-state index contributed by atoms with van der Waals surface area (Å²) in [6.07, 6.45) is 2.49. The minimum Gasteiger partial charge on any atom is -0.496 e. The van der Waals surface area contributed by atoms with Crippen LogP contribution in [0.5, 0.6) is 5.75 Å². The number of fused-ring (bicyclic) bond motifs is 1. The molecule has 3 unspecified atom stereocenters. The van der Waals surface area contributed by atoms with Crippen LogP contribution in [0.2, 0.25) is 0 Å². The lowest BCUT2D eigenvalue weighted by atomic mass is 9.83. The molecule has 0 aromatic heterocycles. The van der Waals surface area contributed by atoms with Crippen LogP contribution in [0.3, 0.4) is 0 Å². The Morgan fingerprint density at radius 3 is 2.68 bits per heavy atom. The molecular formula is C23H32N2O6. The van der Waals surface area contributed by atoms with Crippen LogP contribution >= 0.6 is 0 Å². The van der Waals surface area contributed by atoms with Crippen LogP contribution in [0.1, 0.15) is 37.8 Å². The van der Waals surface area contributed by atoms with Crippen LogP contribution in [0, 0.1) is 11.8 Å². The van der Waals surface area contributed by atoms with Gasteiger partial charge in [0.05, 0.1) is 32.9 Å². The van der Waals surface area contributed by atoms with Gasteiger partial charge in [-0.05, 0) is 48.8 Å². The number of aliphatic hydroxyl groups excluding tert-OH is 1. The van der Waals surface area contributed by atoms with Crippen LogP contribution in [0.25, 0.3) is 0 Å². The number of carbonyl (C=O) groups excluding carboxylic acids is 3. The molecule has 1 fully saturated rings. The molecule has 2 amide bonds. The predicted molar refractivity (Wildman–Crippen MR) is 114 cm³/mol. The zero-order valence-electron chi connectivity index (χ0n) is 18.4. The summed E-state index contributed by atoms with van der Waals surface area (Å²) < 4.78 is 10.6. The number of carbonyl (C=O) groups is 3. The van der Waals surface area contributed by atoms with E-state index in [0.717, 1.165) is 17.7 Å². The maximum atomic E-state index is 12.7. The van der Waals surface area contributed by atoms with Gasteiger partial charge in [-0.2, -0.15) is 0 Å². The maximum Gasteiger partial charge on any atom is 0.239 e. The molecule has 0 saturated carbocycles. The second-order valence-corrected chi connectivity index (χ2v) is 8.81. The van der Waals surface area contributed by atoms with Gasteiger partial charge in [-0.15, -0.1) is 0 Å². The van der Waals surface area contributed by atoms with Gasteiger partial charge in [-0.1, -0.05) is 26.0 Å². The average Bonchev–Trinajstić information content (AvgIpc) is 3.56. The number of methoxy groups -OCH3 is 1. The van der Waals surface area contributed by atoms with Crippen LogP contribution in [0.4, 0.5) is 0 Å². The van der Waals surface area contributed by atoms with E-state index >= 15 is 0 Å². The molecule has 0 bridgehead atoms. The Balaban J connectivity index is 1.54. The van der Waals surface area contributed by atoms with Crippen LogP contribution in [0.15, 0.2) is 18.2 Å². The Bertz CT molecular complexity index is 819. The average molecular weight is 433 g/mol. The second-order valence-electron chi connectivity index (χ2n) is 8.81. The Kier molecular flexibility index (Phi) is 7.33. The standard InChI is InChI=1S/C23H32N2O6/c1-14(2)9-18(21(28)23(12-26)13-31-23)25-20(27)11-24-22(29)16-8-7-15-5-4-6-19(30-3)17(15)10-16/h4-6,14,16,18,26H,7-13H2,1-3H3,(H,24,29)(H,25,27). The highest BCUT2D eigenvalue weighted by molar-refractivity contribution is 5.97. The van der Waals surface area contributed by atoms with Crippen molar-refractivity contribution in [3.63, 3.8) is 0 Å². The number of nitrogens with one attached hydrogen (secondary N) is 2. The van der Waals surface area contributed by atoms with E-state index in [9.17, 15) is 19.5 Å². The van der Waals surface area contributed by atoms with Gasteiger partial charge in [-0.3, -0.25) is 14.4 Å². The van der Waals surface area contributed by atoms with Gasteiger partial charge < -0.3 is 25.2 Å². The summed E-state index contributed by atoms with van der Waals surface area (Å²) in [7, 11) is 1.62. The first-order valence-corrected chi connectivity index (χ1v) is 10.8. The first kappa shape index (κ1) is 23.2. The van der Waals surface area contributed by atoms with Crippen molar-refractivity contribution in [2.45, 2.75) is 51.2 Å². The number of rotatable bonds is 10. The van der Waals surface area contributed by atoms with Gasteiger partial charge in [0, 0.05) is 5.92 Å². The first-order valence-electron chi connectivity index (χ1n) is 10.8. The zero-order valence-corrected chi connectivity index (χ0v) is 18.4. The normalized spacial score (nSPS) is 22.9. The lowest BCUT2D eigenvalue weighted by molar-refractivity contribution is -0.133. The summed E-state index contributed by atoms with van der Waals surface area (Å²) in [5, 5.41) is 14.9. The summed E-state index contributed by atoms with van der Waals surface area (Å²) in [6, 6.07) is 5.13. The number of ketones is 1. The minimum atomic E-state index is -1.19. The molecular weight excluding hydrogens is 400 g/mol. The number of Topliss-reactive ketones (excluding diaryl/α,β-unsaturated/α-hetero) is 1. The molecule has 1 saturated heterocycles. The Morgan fingerprint density at radius 2 is 2.06 bits per heavy atom. The summed E-state index contributed by atoms with van der Waals surface area (Å²) in [6.45, 7) is 3.45. The highest BCUT2D eigenvalue weighted by Gasteiger charge is 2.54. The van der Waals surface area contributed by atoms with Crippen LogP contribution in [-0.2, 0) is 32.0 Å². The molecule has 1 aliphatic heterocycles. The number of benzene rings is 1. The summed E-state index contributed by atoms with van der Waals surface area (Å²) >= 11 is 0. The third kappa shape index (κ3) is 5.43. The quantitative estimate of drug-likeness (QED) is 0.471. The largest absolute Gasteiger partial charge is 0.496 e. The molecule has 170 valence electrons. The smallest absolute Gasteiger partial charge is 0.239 e. The molecule has 2 aliphatic rings. The minimum absolute atomic E-state index is 0.163. The maximum absolute atomic E-state index is 12.7. The van der Waals surface area contributed by atoms with Gasteiger partial charge in [-0.25, -0.2) is 0 Å². The molecule has 8 heteroatoms. The Labute approximate surface area is 182 Å². The zero-order chi connectivity index (χ0) is 22.6. The molecule has 8 nitrogen and oxygen atoms in total. The fourth-order valence-corrected chi connectivity index (χ4v) is 4.15. The predicted octanol–water partition coefficient (Wildman–Crippen LogP) is 0.778. The molecule has 3 N–H and O–H groups in total. The molecule has 1 aromatic carbocycles. The fraction of sp³-hybridized carbons (Fsp3) is 0.609.